The lowest BCUT2D eigenvalue weighted by Gasteiger charge is -2.36. The predicted octanol–water partition coefficient (Wildman–Crippen LogP) is 6.27. The van der Waals surface area contributed by atoms with Gasteiger partial charge in [-0.1, -0.05) is 17.7 Å². The number of piperidine rings is 1. The summed E-state index contributed by atoms with van der Waals surface area (Å²) in [5.74, 6) is 0.515. The molecule has 4 rings (SSSR count). The third kappa shape index (κ3) is 6.76. The lowest BCUT2D eigenvalue weighted by Crippen LogP contribution is -2.42. The van der Waals surface area contributed by atoms with Crippen LogP contribution in [0, 0.1) is 28.9 Å². The fraction of sp³-hybridized carbons (Fsp3) is 0.536. The molecule has 0 radical (unpaired) electrons. The average molecular weight is 533 g/mol. The maximum Gasteiger partial charge on any atom is 0.423 e. The van der Waals surface area contributed by atoms with Gasteiger partial charge in [-0.2, -0.15) is 13.2 Å². The summed E-state index contributed by atoms with van der Waals surface area (Å²) in [5.41, 5.74) is 0.471. The molecule has 1 saturated carbocycles. The number of carbonyl (C=O) groups is 1. The number of nitro groups is 1. The van der Waals surface area contributed by atoms with E-state index in [4.69, 9.17) is 0 Å². The Morgan fingerprint density at radius 3 is 2.26 bits per heavy atom. The molecule has 0 unspecified atom stereocenters. The molecule has 1 aliphatic carbocycles. The summed E-state index contributed by atoms with van der Waals surface area (Å²) in [6.07, 6.45) is -0.118. The fourth-order valence-electron chi connectivity index (χ4n) is 5.65. The first kappa shape index (κ1) is 27.7. The zero-order valence-corrected chi connectivity index (χ0v) is 21.8. The zero-order valence-electron chi connectivity index (χ0n) is 21.8. The molecule has 1 heterocycles. The second-order valence-electron chi connectivity index (χ2n) is 10.7. The van der Waals surface area contributed by atoms with Gasteiger partial charge in [-0.15, -0.1) is 0 Å². The van der Waals surface area contributed by atoms with Crippen molar-refractivity contribution in [3.8, 4) is 0 Å². The first-order valence-corrected chi connectivity index (χ1v) is 13.2. The normalized spacial score (nSPS) is 20.7. The highest BCUT2D eigenvalue weighted by molar-refractivity contribution is 5.78. The molecule has 1 aliphatic heterocycles. The summed E-state index contributed by atoms with van der Waals surface area (Å²) in [6, 6.07) is 11.5. The van der Waals surface area contributed by atoms with Crippen LogP contribution in [0.3, 0.4) is 0 Å². The van der Waals surface area contributed by atoms with Gasteiger partial charge in [0.15, 0.2) is 0 Å². The standard InChI is InChI=1S/C28H35F3N4O3/c1-19-3-10-24(11-4-19)34-15-13-20(14-16-34)18-33(2)27(36)21-5-7-22(8-6-21)32-23-9-12-26(35(37)38)25(17-23)28(29,30)31/h3-4,9-12,17,20-22,32H,5-8,13-16,18H2,1-2H3/t21-,22-. The second-order valence-corrected chi connectivity index (χ2v) is 10.7. The highest BCUT2D eigenvalue weighted by Crippen LogP contribution is 2.38. The van der Waals surface area contributed by atoms with Crippen molar-refractivity contribution in [3.63, 3.8) is 0 Å². The Kier molecular flexibility index (Phi) is 8.47. The van der Waals surface area contributed by atoms with E-state index < -0.39 is 22.4 Å². The molecule has 0 aromatic heterocycles. The largest absolute Gasteiger partial charge is 0.423 e. The van der Waals surface area contributed by atoms with Crippen molar-refractivity contribution in [1.82, 2.24) is 4.90 Å². The number of nitrogens with zero attached hydrogens (tertiary/aromatic N) is 3. The molecule has 0 spiro atoms. The Hall–Kier alpha value is -3.30. The molecule has 2 aromatic rings. The minimum Gasteiger partial charge on any atom is -0.382 e. The van der Waals surface area contributed by atoms with Crippen LogP contribution < -0.4 is 10.2 Å². The van der Waals surface area contributed by atoms with Crippen LogP contribution in [0.2, 0.25) is 0 Å². The van der Waals surface area contributed by atoms with Crippen LogP contribution in [0.4, 0.5) is 30.2 Å². The monoisotopic (exact) mass is 532 g/mol. The van der Waals surface area contributed by atoms with Gasteiger partial charge in [0, 0.05) is 56.1 Å². The Morgan fingerprint density at radius 1 is 1.05 bits per heavy atom. The third-order valence-electron chi connectivity index (χ3n) is 7.87. The molecule has 10 heteroatoms. The number of hydrogen-bond donors (Lipinski definition) is 1. The zero-order chi connectivity index (χ0) is 27.4. The van der Waals surface area contributed by atoms with Crippen molar-refractivity contribution in [2.45, 2.75) is 57.7 Å². The second kappa shape index (κ2) is 11.6. The van der Waals surface area contributed by atoms with Crippen molar-refractivity contribution >= 4 is 23.0 Å². The molecule has 0 atom stereocenters. The summed E-state index contributed by atoms with van der Waals surface area (Å²) in [4.78, 5) is 27.3. The molecule has 2 aliphatic rings. The highest BCUT2D eigenvalue weighted by Gasteiger charge is 2.38. The van der Waals surface area contributed by atoms with Crippen molar-refractivity contribution < 1.29 is 22.9 Å². The number of amides is 1. The first-order chi connectivity index (χ1) is 18.0. The molecule has 7 nitrogen and oxygen atoms in total. The summed E-state index contributed by atoms with van der Waals surface area (Å²) < 4.78 is 39.9. The van der Waals surface area contributed by atoms with Crippen molar-refractivity contribution in [2.75, 3.05) is 36.9 Å². The van der Waals surface area contributed by atoms with Crippen LogP contribution in [0.25, 0.3) is 0 Å². The van der Waals surface area contributed by atoms with Crippen LogP contribution >= 0.6 is 0 Å². The maximum absolute atomic E-state index is 13.3. The van der Waals surface area contributed by atoms with E-state index in [1.165, 1.54) is 17.3 Å². The van der Waals surface area contributed by atoms with E-state index in [1.54, 1.807) is 0 Å². The summed E-state index contributed by atoms with van der Waals surface area (Å²) in [6.45, 7) is 4.77. The number of anilines is 2. The number of halogens is 3. The van der Waals surface area contributed by atoms with E-state index in [1.807, 2.05) is 11.9 Å². The van der Waals surface area contributed by atoms with E-state index in [0.29, 0.717) is 31.6 Å². The van der Waals surface area contributed by atoms with Gasteiger partial charge in [0.05, 0.1) is 4.92 Å². The predicted molar refractivity (Wildman–Crippen MR) is 141 cm³/mol. The summed E-state index contributed by atoms with van der Waals surface area (Å²) in [5, 5.41) is 14.1. The molecular weight excluding hydrogens is 497 g/mol. The number of alkyl halides is 3. The van der Waals surface area contributed by atoms with Gasteiger partial charge < -0.3 is 15.1 Å². The quantitative estimate of drug-likeness (QED) is 0.336. The number of benzene rings is 2. The van der Waals surface area contributed by atoms with Gasteiger partial charge in [0.2, 0.25) is 5.91 Å². The molecule has 1 saturated heterocycles. The smallest absolute Gasteiger partial charge is 0.382 e. The molecule has 1 amide bonds. The van der Waals surface area contributed by atoms with Crippen LogP contribution in [0.1, 0.15) is 49.7 Å². The van der Waals surface area contributed by atoms with Gasteiger partial charge in [-0.3, -0.25) is 14.9 Å². The van der Waals surface area contributed by atoms with Gasteiger partial charge >= 0.3 is 6.18 Å². The minimum atomic E-state index is -4.81. The van der Waals surface area contributed by atoms with Crippen molar-refractivity contribution in [3.05, 3.63) is 63.7 Å². The average Bonchev–Trinajstić information content (AvgIpc) is 2.89. The molecule has 1 N–H and O–H groups in total. The third-order valence-corrected chi connectivity index (χ3v) is 7.87. The molecule has 0 bridgehead atoms. The lowest BCUT2D eigenvalue weighted by molar-refractivity contribution is -0.388. The molecule has 206 valence electrons. The summed E-state index contributed by atoms with van der Waals surface area (Å²) >= 11 is 0. The number of aryl methyl sites for hydroxylation is 1. The van der Waals surface area contributed by atoms with Crippen LogP contribution in [0.15, 0.2) is 42.5 Å². The minimum absolute atomic E-state index is 0.0852. The molecule has 2 fully saturated rings. The summed E-state index contributed by atoms with van der Waals surface area (Å²) in [7, 11) is 1.87. The first-order valence-electron chi connectivity index (χ1n) is 13.2. The Bertz CT molecular complexity index is 1120. The van der Waals surface area contributed by atoms with Gasteiger partial charge in [-0.05, 0) is 75.6 Å². The maximum atomic E-state index is 13.3. The SMILES string of the molecule is Cc1ccc(N2CCC(CN(C)C(=O)[C@H]3CC[C@H](Nc4ccc([N+](=O)[O-])c(C(F)(F)F)c4)CC3)CC2)cc1. The molecular formula is C28H35F3N4O3. The van der Waals surface area contributed by atoms with E-state index in [-0.39, 0.29) is 23.6 Å². The lowest BCUT2D eigenvalue weighted by atomic mass is 9.84. The van der Waals surface area contributed by atoms with E-state index in [0.717, 1.165) is 44.6 Å². The van der Waals surface area contributed by atoms with E-state index in [2.05, 4.69) is 41.4 Å². The van der Waals surface area contributed by atoms with Gasteiger partial charge in [0.25, 0.3) is 5.69 Å². The van der Waals surface area contributed by atoms with Crippen LogP contribution in [0.5, 0.6) is 0 Å². The topological polar surface area (TPSA) is 78.7 Å². The highest BCUT2D eigenvalue weighted by atomic mass is 19.4. The van der Waals surface area contributed by atoms with Crippen LogP contribution in [-0.2, 0) is 11.0 Å². The van der Waals surface area contributed by atoms with Crippen molar-refractivity contribution in [2.24, 2.45) is 11.8 Å². The molecule has 38 heavy (non-hydrogen) atoms. The van der Waals surface area contributed by atoms with E-state index in [9.17, 15) is 28.1 Å². The molecule has 2 aromatic carbocycles. The number of nitrogens with one attached hydrogen (secondary N) is 1. The Labute approximate surface area is 221 Å². The number of hydrogen-bond acceptors (Lipinski definition) is 5. The van der Waals surface area contributed by atoms with Gasteiger partial charge in [0.1, 0.15) is 5.56 Å². The number of nitro benzene ring substituents is 1. The van der Waals surface area contributed by atoms with Crippen LogP contribution in [-0.4, -0.2) is 48.5 Å². The fourth-order valence-corrected chi connectivity index (χ4v) is 5.65. The van der Waals surface area contributed by atoms with E-state index >= 15 is 0 Å². The number of rotatable bonds is 7. The van der Waals surface area contributed by atoms with Gasteiger partial charge in [-0.25, -0.2) is 0 Å². The van der Waals surface area contributed by atoms with Crippen molar-refractivity contribution in [1.29, 1.82) is 0 Å². The number of carbonyl (C=O) groups excluding carboxylic acids is 1. The Balaban J connectivity index is 1.24. The Morgan fingerprint density at radius 2 is 1.68 bits per heavy atom.